The Labute approximate surface area is 83.3 Å². The largest absolute Gasteiger partial charge is 0.314 e. The Kier molecular flexibility index (Phi) is 5.45. The summed E-state index contributed by atoms with van der Waals surface area (Å²) in [5.74, 6) is 1.10. The Morgan fingerprint density at radius 1 is 1.31 bits per heavy atom. The Balaban J connectivity index is 1.79. The van der Waals surface area contributed by atoms with Crippen LogP contribution < -0.4 is 5.32 Å². The van der Waals surface area contributed by atoms with Crippen LogP contribution in [0.2, 0.25) is 0 Å². The van der Waals surface area contributed by atoms with Crippen molar-refractivity contribution in [2.24, 2.45) is 5.92 Å². The van der Waals surface area contributed by atoms with Crippen LogP contribution in [-0.2, 0) is 0 Å². The molecule has 0 heterocycles. The van der Waals surface area contributed by atoms with Crippen molar-refractivity contribution in [3.8, 4) is 0 Å². The van der Waals surface area contributed by atoms with Gasteiger partial charge in [-0.05, 0) is 38.6 Å². The van der Waals surface area contributed by atoms with Crippen LogP contribution in [0.3, 0.4) is 0 Å². The monoisotopic (exact) mass is 183 g/mol. The molecule has 1 unspecified atom stereocenters. The molecule has 0 amide bonds. The summed E-state index contributed by atoms with van der Waals surface area (Å²) < 4.78 is 0. The first-order chi connectivity index (χ1) is 6.33. The quantitative estimate of drug-likeness (QED) is 0.569. The van der Waals surface area contributed by atoms with Gasteiger partial charge in [-0.1, -0.05) is 32.6 Å². The van der Waals surface area contributed by atoms with Crippen molar-refractivity contribution in [2.75, 3.05) is 6.54 Å². The minimum Gasteiger partial charge on any atom is -0.314 e. The maximum absolute atomic E-state index is 3.60. The van der Waals surface area contributed by atoms with E-state index in [0.29, 0.717) is 0 Å². The van der Waals surface area contributed by atoms with Crippen LogP contribution >= 0.6 is 0 Å². The molecule has 0 aliphatic heterocycles. The van der Waals surface area contributed by atoms with Crippen LogP contribution in [0.25, 0.3) is 0 Å². The third kappa shape index (κ3) is 6.09. The van der Waals surface area contributed by atoms with Crippen molar-refractivity contribution in [1.82, 2.24) is 5.32 Å². The minimum atomic E-state index is 0.735. The molecule has 1 aliphatic carbocycles. The van der Waals surface area contributed by atoms with Crippen molar-refractivity contribution in [3.63, 3.8) is 0 Å². The average Bonchev–Trinajstić information content (AvgIpc) is 2.92. The average molecular weight is 183 g/mol. The predicted octanol–water partition coefficient (Wildman–Crippen LogP) is 3.34. The van der Waals surface area contributed by atoms with Gasteiger partial charge in [0.25, 0.3) is 0 Å². The molecule has 0 aromatic rings. The van der Waals surface area contributed by atoms with Crippen LogP contribution in [-0.4, -0.2) is 12.6 Å². The van der Waals surface area contributed by atoms with E-state index >= 15 is 0 Å². The second kappa shape index (κ2) is 6.42. The zero-order valence-electron chi connectivity index (χ0n) is 9.31. The Morgan fingerprint density at radius 3 is 2.69 bits per heavy atom. The van der Waals surface area contributed by atoms with Gasteiger partial charge >= 0.3 is 0 Å². The van der Waals surface area contributed by atoms with E-state index in [0.717, 1.165) is 12.0 Å². The highest BCUT2D eigenvalue weighted by Gasteiger charge is 2.19. The fourth-order valence-electron chi connectivity index (χ4n) is 1.76. The first kappa shape index (κ1) is 11.0. The molecule has 1 fully saturated rings. The molecule has 1 N–H and O–H groups in total. The van der Waals surface area contributed by atoms with Crippen LogP contribution in [0.4, 0.5) is 0 Å². The van der Waals surface area contributed by atoms with Gasteiger partial charge in [0.2, 0.25) is 0 Å². The summed E-state index contributed by atoms with van der Waals surface area (Å²) in [5.41, 5.74) is 0. The van der Waals surface area contributed by atoms with E-state index in [2.05, 4.69) is 19.2 Å². The molecule has 1 nitrogen and oxygen atoms in total. The first-order valence-corrected chi connectivity index (χ1v) is 6.06. The minimum absolute atomic E-state index is 0.735. The highest BCUT2D eigenvalue weighted by atomic mass is 14.9. The smallest absolute Gasteiger partial charge is 0.00387 e. The number of rotatable bonds is 8. The molecular formula is C12H25N. The zero-order valence-corrected chi connectivity index (χ0v) is 9.31. The lowest BCUT2D eigenvalue weighted by atomic mass is 10.1. The molecule has 78 valence electrons. The molecule has 0 spiro atoms. The van der Waals surface area contributed by atoms with E-state index in [-0.39, 0.29) is 0 Å². The van der Waals surface area contributed by atoms with E-state index in [1.165, 1.54) is 51.5 Å². The van der Waals surface area contributed by atoms with Crippen LogP contribution in [0.1, 0.15) is 58.8 Å². The van der Waals surface area contributed by atoms with Crippen molar-refractivity contribution in [2.45, 2.75) is 64.8 Å². The molecule has 1 aliphatic rings. The maximum atomic E-state index is 3.60. The number of hydrogen-bond donors (Lipinski definition) is 1. The predicted molar refractivity (Wildman–Crippen MR) is 58.9 cm³/mol. The lowest BCUT2D eigenvalue weighted by Crippen LogP contribution is -2.26. The summed E-state index contributed by atoms with van der Waals surface area (Å²) in [4.78, 5) is 0. The standard InChI is InChI=1S/C12H25N/c1-3-4-6-11(2)13-10-5-7-12-8-9-12/h11-13H,3-10H2,1-2H3. The molecule has 0 aromatic carbocycles. The van der Waals surface area contributed by atoms with E-state index in [1.807, 2.05) is 0 Å². The van der Waals surface area contributed by atoms with Gasteiger partial charge in [0.05, 0.1) is 0 Å². The molecule has 1 rings (SSSR count). The normalized spacial score (nSPS) is 18.9. The summed E-state index contributed by atoms with van der Waals surface area (Å²) in [7, 11) is 0. The van der Waals surface area contributed by atoms with E-state index in [4.69, 9.17) is 0 Å². The molecule has 0 radical (unpaired) electrons. The van der Waals surface area contributed by atoms with E-state index in [9.17, 15) is 0 Å². The van der Waals surface area contributed by atoms with Gasteiger partial charge in [-0.15, -0.1) is 0 Å². The molecular weight excluding hydrogens is 158 g/mol. The molecule has 0 saturated heterocycles. The van der Waals surface area contributed by atoms with Crippen molar-refractivity contribution < 1.29 is 0 Å². The van der Waals surface area contributed by atoms with Crippen LogP contribution in [0, 0.1) is 5.92 Å². The Hall–Kier alpha value is -0.0400. The number of nitrogens with one attached hydrogen (secondary N) is 1. The van der Waals surface area contributed by atoms with Crippen molar-refractivity contribution in [3.05, 3.63) is 0 Å². The molecule has 1 heteroatoms. The molecule has 0 bridgehead atoms. The molecule has 1 atom stereocenters. The second-order valence-electron chi connectivity index (χ2n) is 4.58. The highest BCUT2D eigenvalue weighted by Crippen LogP contribution is 2.33. The third-order valence-electron chi connectivity index (χ3n) is 2.97. The highest BCUT2D eigenvalue weighted by molar-refractivity contribution is 4.73. The SMILES string of the molecule is CCCCC(C)NCCCC1CC1. The number of hydrogen-bond acceptors (Lipinski definition) is 1. The summed E-state index contributed by atoms with van der Waals surface area (Å²) in [5, 5.41) is 3.60. The Morgan fingerprint density at radius 2 is 2.08 bits per heavy atom. The summed E-state index contributed by atoms with van der Waals surface area (Å²) >= 11 is 0. The fraction of sp³-hybridized carbons (Fsp3) is 1.00. The Bertz CT molecular complexity index is 118. The van der Waals surface area contributed by atoms with Gasteiger partial charge in [-0.3, -0.25) is 0 Å². The van der Waals surface area contributed by atoms with Crippen molar-refractivity contribution >= 4 is 0 Å². The fourth-order valence-corrected chi connectivity index (χ4v) is 1.76. The zero-order chi connectivity index (χ0) is 9.52. The van der Waals surface area contributed by atoms with E-state index in [1.54, 1.807) is 0 Å². The van der Waals surface area contributed by atoms with Gasteiger partial charge in [0.15, 0.2) is 0 Å². The van der Waals surface area contributed by atoms with E-state index < -0.39 is 0 Å². The third-order valence-corrected chi connectivity index (χ3v) is 2.97. The lowest BCUT2D eigenvalue weighted by molar-refractivity contribution is 0.478. The lowest BCUT2D eigenvalue weighted by Gasteiger charge is -2.12. The van der Waals surface area contributed by atoms with Crippen molar-refractivity contribution in [1.29, 1.82) is 0 Å². The first-order valence-electron chi connectivity index (χ1n) is 6.06. The van der Waals surface area contributed by atoms with Gasteiger partial charge in [-0.25, -0.2) is 0 Å². The van der Waals surface area contributed by atoms with Gasteiger partial charge in [0, 0.05) is 6.04 Å². The molecule has 13 heavy (non-hydrogen) atoms. The summed E-state index contributed by atoms with van der Waals surface area (Å²) in [6, 6.07) is 0.735. The van der Waals surface area contributed by atoms with Gasteiger partial charge in [0.1, 0.15) is 0 Å². The van der Waals surface area contributed by atoms with Gasteiger partial charge < -0.3 is 5.32 Å². The topological polar surface area (TPSA) is 12.0 Å². The number of unbranched alkanes of at least 4 members (excludes halogenated alkanes) is 1. The summed E-state index contributed by atoms with van der Waals surface area (Å²) in [6.45, 7) is 5.81. The molecule has 0 aromatic heterocycles. The van der Waals surface area contributed by atoms with Crippen LogP contribution in [0.5, 0.6) is 0 Å². The second-order valence-corrected chi connectivity index (χ2v) is 4.58. The van der Waals surface area contributed by atoms with Crippen LogP contribution in [0.15, 0.2) is 0 Å². The summed E-state index contributed by atoms with van der Waals surface area (Å²) in [6.07, 6.45) is 9.91. The molecule has 1 saturated carbocycles. The maximum Gasteiger partial charge on any atom is 0.00387 e. The van der Waals surface area contributed by atoms with Gasteiger partial charge in [-0.2, -0.15) is 0 Å².